The summed E-state index contributed by atoms with van der Waals surface area (Å²) in [4.78, 5) is 17.1. The van der Waals surface area contributed by atoms with Crippen LogP contribution in [0.5, 0.6) is 5.75 Å². The van der Waals surface area contributed by atoms with E-state index in [4.69, 9.17) is 21.2 Å². The fourth-order valence-electron chi connectivity index (χ4n) is 2.36. The number of benzene rings is 2. The van der Waals surface area contributed by atoms with Crippen molar-refractivity contribution in [1.29, 1.82) is 0 Å². The molecule has 0 unspecified atom stereocenters. The maximum atomic E-state index is 12.3. The molecule has 0 aromatic heterocycles. The number of nitrogens with one attached hydrogen (secondary N) is 1. The molecule has 2 aromatic rings. The number of amides is 1. The third-order valence-corrected chi connectivity index (χ3v) is 3.76. The molecule has 0 fully saturated rings. The second kappa shape index (κ2) is 9.08. The molecule has 2 aromatic carbocycles. The lowest BCUT2D eigenvalue weighted by atomic mass is 10.0. The zero-order chi connectivity index (χ0) is 18.2. The lowest BCUT2D eigenvalue weighted by Gasteiger charge is -2.13. The first kappa shape index (κ1) is 18.8. The number of aryl methyl sites for hydroxylation is 1. The zero-order valence-corrected chi connectivity index (χ0v) is 15.3. The number of rotatable bonds is 7. The minimum atomic E-state index is -0.292. The van der Waals surface area contributed by atoms with Crippen LogP contribution in [0.25, 0.3) is 0 Å². The molecule has 0 bridgehead atoms. The molecule has 1 amide bonds. The monoisotopic (exact) mass is 360 g/mol. The van der Waals surface area contributed by atoms with Crippen molar-refractivity contribution in [3.63, 3.8) is 0 Å². The van der Waals surface area contributed by atoms with Crippen LogP contribution in [-0.4, -0.2) is 25.3 Å². The van der Waals surface area contributed by atoms with E-state index in [1.165, 1.54) is 7.11 Å². The van der Waals surface area contributed by atoms with Gasteiger partial charge in [0.1, 0.15) is 19.5 Å². The number of carbonyl (C=O) groups excluding carboxylic acids is 1. The number of ether oxygens (including phenoxy) is 1. The second-order valence-corrected chi connectivity index (χ2v) is 5.77. The van der Waals surface area contributed by atoms with Gasteiger partial charge in [-0.05, 0) is 43.2 Å². The van der Waals surface area contributed by atoms with Crippen LogP contribution in [0, 0.1) is 6.92 Å². The van der Waals surface area contributed by atoms with E-state index in [9.17, 15) is 4.79 Å². The predicted molar refractivity (Wildman–Crippen MR) is 99.2 cm³/mol. The van der Waals surface area contributed by atoms with Gasteiger partial charge in [-0.25, -0.2) is 0 Å². The van der Waals surface area contributed by atoms with Crippen LogP contribution in [-0.2, 0) is 16.2 Å². The van der Waals surface area contributed by atoms with Gasteiger partial charge in [0, 0.05) is 17.1 Å². The van der Waals surface area contributed by atoms with Crippen LogP contribution < -0.4 is 10.1 Å². The number of oxime groups is 1. The van der Waals surface area contributed by atoms with Crippen LogP contribution in [0.15, 0.2) is 47.6 Å². The number of halogens is 1. The summed E-state index contributed by atoms with van der Waals surface area (Å²) in [7, 11) is 1.41. The molecule has 0 radical (unpaired) electrons. The third kappa shape index (κ3) is 4.97. The molecule has 1 N–H and O–H groups in total. The average Bonchev–Trinajstić information content (AvgIpc) is 2.59. The molecule has 0 atom stereocenters. The molecule has 2 rings (SSSR count). The minimum absolute atomic E-state index is 0.219. The van der Waals surface area contributed by atoms with E-state index < -0.39 is 0 Å². The second-order valence-electron chi connectivity index (χ2n) is 5.34. The fourth-order valence-corrected chi connectivity index (χ4v) is 2.58. The maximum Gasteiger partial charge on any atom is 0.273 e. The first-order chi connectivity index (χ1) is 12.1. The first-order valence-corrected chi connectivity index (χ1v) is 8.31. The quantitative estimate of drug-likeness (QED) is 0.604. The van der Waals surface area contributed by atoms with E-state index >= 15 is 0 Å². The van der Waals surface area contributed by atoms with E-state index in [0.29, 0.717) is 23.7 Å². The Kier molecular flexibility index (Phi) is 6.83. The van der Waals surface area contributed by atoms with E-state index in [2.05, 4.69) is 10.5 Å². The van der Waals surface area contributed by atoms with Gasteiger partial charge in [0.05, 0.1) is 0 Å². The molecule has 0 heterocycles. The van der Waals surface area contributed by atoms with Crippen molar-refractivity contribution in [3.05, 3.63) is 64.2 Å². The van der Waals surface area contributed by atoms with Gasteiger partial charge in [-0.1, -0.05) is 41.0 Å². The highest BCUT2D eigenvalue weighted by molar-refractivity contribution is 6.45. The summed E-state index contributed by atoms with van der Waals surface area (Å²) in [5.74, 6) is 0.446. The topological polar surface area (TPSA) is 59.9 Å². The Morgan fingerprint density at radius 1 is 1.24 bits per heavy atom. The van der Waals surface area contributed by atoms with Crippen LogP contribution in [0.2, 0.25) is 5.02 Å². The molecule has 132 valence electrons. The van der Waals surface area contributed by atoms with Gasteiger partial charge in [0.15, 0.2) is 5.71 Å². The molecule has 6 heteroatoms. The van der Waals surface area contributed by atoms with Crippen molar-refractivity contribution in [2.45, 2.75) is 20.5 Å². The van der Waals surface area contributed by atoms with Crippen molar-refractivity contribution in [2.24, 2.45) is 5.16 Å². The zero-order valence-electron chi connectivity index (χ0n) is 14.5. The van der Waals surface area contributed by atoms with Gasteiger partial charge < -0.3 is 14.9 Å². The molecule has 0 saturated carbocycles. The van der Waals surface area contributed by atoms with Gasteiger partial charge in [-0.15, -0.1) is 0 Å². The summed E-state index contributed by atoms with van der Waals surface area (Å²) >= 11 is 5.97. The lowest BCUT2D eigenvalue weighted by molar-refractivity contribution is -0.114. The molecule has 0 aliphatic rings. The van der Waals surface area contributed by atoms with Gasteiger partial charge in [-0.3, -0.25) is 4.79 Å². The van der Waals surface area contributed by atoms with E-state index in [1.54, 1.807) is 6.07 Å². The Hall–Kier alpha value is -2.53. The Morgan fingerprint density at radius 3 is 2.68 bits per heavy atom. The van der Waals surface area contributed by atoms with Gasteiger partial charge in [0.2, 0.25) is 0 Å². The summed E-state index contributed by atoms with van der Waals surface area (Å²) in [6, 6.07) is 12.9. The maximum absolute atomic E-state index is 12.3. The highest BCUT2D eigenvalue weighted by Gasteiger charge is 2.18. The summed E-state index contributed by atoms with van der Waals surface area (Å²) in [5.41, 5.74) is 2.66. The van der Waals surface area contributed by atoms with Crippen LogP contribution >= 0.6 is 11.6 Å². The SMILES string of the molecule is CCNC(=O)C(=NOC)c1ccccc1COc1ccc(Cl)cc1C. The van der Waals surface area contributed by atoms with Crippen LogP contribution in [0.1, 0.15) is 23.6 Å². The largest absolute Gasteiger partial charge is 0.489 e. The highest BCUT2D eigenvalue weighted by Crippen LogP contribution is 2.23. The number of nitrogens with zero attached hydrogens (tertiary/aromatic N) is 1. The highest BCUT2D eigenvalue weighted by atomic mass is 35.5. The minimum Gasteiger partial charge on any atom is -0.489 e. The van der Waals surface area contributed by atoms with Crippen molar-refractivity contribution >= 4 is 23.2 Å². The van der Waals surface area contributed by atoms with Crippen LogP contribution in [0.4, 0.5) is 0 Å². The molecule has 5 nitrogen and oxygen atoms in total. The molecule has 0 aliphatic heterocycles. The summed E-state index contributed by atoms with van der Waals surface area (Å²) in [6.45, 7) is 4.57. The van der Waals surface area contributed by atoms with Gasteiger partial charge >= 0.3 is 0 Å². The Bertz CT molecular complexity index is 775. The van der Waals surface area contributed by atoms with Gasteiger partial charge in [-0.2, -0.15) is 0 Å². The summed E-state index contributed by atoms with van der Waals surface area (Å²) < 4.78 is 5.90. The fraction of sp³-hybridized carbons (Fsp3) is 0.263. The average molecular weight is 361 g/mol. The Labute approximate surface area is 152 Å². The number of likely N-dealkylation sites (N-methyl/N-ethyl adjacent to an activating group) is 1. The Balaban J connectivity index is 2.27. The first-order valence-electron chi connectivity index (χ1n) is 7.93. The van der Waals surface area contributed by atoms with Crippen molar-refractivity contribution < 1.29 is 14.4 Å². The number of hydrogen-bond acceptors (Lipinski definition) is 4. The molecular weight excluding hydrogens is 340 g/mol. The smallest absolute Gasteiger partial charge is 0.273 e. The third-order valence-electron chi connectivity index (χ3n) is 3.53. The van der Waals surface area contributed by atoms with Gasteiger partial charge in [0.25, 0.3) is 5.91 Å². The number of carbonyl (C=O) groups is 1. The lowest BCUT2D eigenvalue weighted by Crippen LogP contribution is -2.32. The summed E-state index contributed by atoms with van der Waals surface area (Å²) in [6.07, 6.45) is 0. The molecule has 0 saturated heterocycles. The number of hydrogen-bond donors (Lipinski definition) is 1. The van der Waals surface area contributed by atoms with Crippen LogP contribution in [0.3, 0.4) is 0 Å². The normalized spacial score (nSPS) is 11.1. The van der Waals surface area contributed by atoms with E-state index in [-0.39, 0.29) is 11.6 Å². The molecular formula is C19H21ClN2O3. The van der Waals surface area contributed by atoms with Crippen molar-refractivity contribution in [3.8, 4) is 5.75 Å². The Morgan fingerprint density at radius 2 is 2.00 bits per heavy atom. The standard InChI is InChI=1S/C19H21ClN2O3/c1-4-21-19(23)18(22-24-3)16-8-6-5-7-14(16)12-25-17-10-9-15(20)11-13(17)2/h5-11H,4,12H2,1-3H3,(H,21,23). The predicted octanol–water partition coefficient (Wildman–Crippen LogP) is 3.71. The van der Waals surface area contributed by atoms with Crippen molar-refractivity contribution in [1.82, 2.24) is 5.32 Å². The summed E-state index contributed by atoms with van der Waals surface area (Å²) in [5, 5.41) is 7.29. The van der Waals surface area contributed by atoms with E-state index in [0.717, 1.165) is 16.9 Å². The van der Waals surface area contributed by atoms with Crippen molar-refractivity contribution in [2.75, 3.05) is 13.7 Å². The molecule has 0 spiro atoms. The molecule has 25 heavy (non-hydrogen) atoms. The molecule has 0 aliphatic carbocycles. The van der Waals surface area contributed by atoms with E-state index in [1.807, 2.05) is 50.2 Å².